The average Bonchev–Trinajstić information content (AvgIpc) is 2.02. The summed E-state index contributed by atoms with van der Waals surface area (Å²) in [5.41, 5.74) is 1.13. The highest BCUT2D eigenvalue weighted by Gasteiger charge is 2.10. The lowest BCUT2D eigenvalue weighted by atomic mass is 10.1. The Bertz CT molecular complexity index is 285. The second kappa shape index (κ2) is 4.21. The summed E-state index contributed by atoms with van der Waals surface area (Å²) in [6.45, 7) is 1.94. The summed E-state index contributed by atoms with van der Waals surface area (Å²) in [6.07, 6.45) is 3.44. The SMILES string of the molecule is CN1CCC(=CCS(=O)(=O)O)CC1. The van der Waals surface area contributed by atoms with Crippen molar-refractivity contribution in [3.05, 3.63) is 11.6 Å². The molecule has 0 unspecified atom stereocenters. The first-order chi connectivity index (χ1) is 5.97. The minimum atomic E-state index is -3.83. The third-order valence-corrected chi connectivity index (χ3v) is 2.80. The predicted octanol–water partition coefficient (Wildman–Crippen LogP) is 0.526. The molecular formula is C8H15NO3S. The van der Waals surface area contributed by atoms with Crippen LogP contribution in [0.3, 0.4) is 0 Å². The van der Waals surface area contributed by atoms with Gasteiger partial charge in [-0.05, 0) is 19.9 Å². The van der Waals surface area contributed by atoms with E-state index in [9.17, 15) is 8.42 Å². The third-order valence-electron chi connectivity index (χ3n) is 2.21. The van der Waals surface area contributed by atoms with Gasteiger partial charge >= 0.3 is 0 Å². The number of hydrogen-bond donors (Lipinski definition) is 1. The monoisotopic (exact) mass is 205 g/mol. The molecule has 0 radical (unpaired) electrons. The predicted molar refractivity (Wildman–Crippen MR) is 51.2 cm³/mol. The molecule has 4 nitrogen and oxygen atoms in total. The molecule has 1 rings (SSSR count). The molecule has 13 heavy (non-hydrogen) atoms. The van der Waals surface area contributed by atoms with Gasteiger partial charge in [0.15, 0.2) is 0 Å². The van der Waals surface area contributed by atoms with Crippen LogP contribution in [0.15, 0.2) is 11.6 Å². The van der Waals surface area contributed by atoms with E-state index in [0.717, 1.165) is 31.5 Å². The van der Waals surface area contributed by atoms with Crippen LogP contribution in [0.5, 0.6) is 0 Å². The van der Waals surface area contributed by atoms with E-state index >= 15 is 0 Å². The maximum Gasteiger partial charge on any atom is 0.268 e. The Kier molecular flexibility index (Phi) is 3.47. The zero-order chi connectivity index (χ0) is 9.90. The van der Waals surface area contributed by atoms with Crippen LogP contribution in [0.2, 0.25) is 0 Å². The molecule has 1 aliphatic rings. The van der Waals surface area contributed by atoms with E-state index in [4.69, 9.17) is 4.55 Å². The van der Waals surface area contributed by atoms with E-state index in [1.165, 1.54) is 0 Å². The number of rotatable bonds is 2. The van der Waals surface area contributed by atoms with Crippen molar-refractivity contribution >= 4 is 10.1 Å². The average molecular weight is 205 g/mol. The van der Waals surface area contributed by atoms with Gasteiger partial charge in [0.1, 0.15) is 0 Å². The Morgan fingerprint density at radius 2 is 2.00 bits per heavy atom. The fourth-order valence-electron chi connectivity index (χ4n) is 1.33. The van der Waals surface area contributed by atoms with Crippen molar-refractivity contribution in [1.82, 2.24) is 4.90 Å². The first kappa shape index (κ1) is 10.7. The summed E-state index contributed by atoms with van der Waals surface area (Å²) in [7, 11) is -1.79. The maximum atomic E-state index is 10.4. The molecule has 0 atom stereocenters. The number of nitrogens with zero attached hydrogens (tertiary/aromatic N) is 1. The second-order valence-corrected chi connectivity index (χ2v) is 4.91. The Balaban J connectivity index is 2.45. The highest BCUT2D eigenvalue weighted by molar-refractivity contribution is 7.85. The smallest absolute Gasteiger partial charge is 0.268 e. The van der Waals surface area contributed by atoms with Crippen LogP contribution >= 0.6 is 0 Å². The highest BCUT2D eigenvalue weighted by atomic mass is 32.2. The van der Waals surface area contributed by atoms with Gasteiger partial charge in [-0.15, -0.1) is 0 Å². The molecule has 5 heteroatoms. The van der Waals surface area contributed by atoms with Crippen LogP contribution in [-0.2, 0) is 10.1 Å². The summed E-state index contributed by atoms with van der Waals surface area (Å²) in [6, 6.07) is 0. The largest absolute Gasteiger partial charge is 0.306 e. The van der Waals surface area contributed by atoms with Crippen LogP contribution < -0.4 is 0 Å². The van der Waals surface area contributed by atoms with E-state index in [1.807, 2.05) is 7.05 Å². The van der Waals surface area contributed by atoms with Crippen molar-refractivity contribution in [3.8, 4) is 0 Å². The van der Waals surface area contributed by atoms with Gasteiger partial charge in [0.25, 0.3) is 10.1 Å². The van der Waals surface area contributed by atoms with Crippen LogP contribution in [0, 0.1) is 0 Å². The Morgan fingerprint density at radius 3 is 2.46 bits per heavy atom. The van der Waals surface area contributed by atoms with Crippen molar-refractivity contribution in [2.45, 2.75) is 12.8 Å². The lowest BCUT2D eigenvalue weighted by Crippen LogP contribution is -2.26. The quantitative estimate of drug-likeness (QED) is 0.527. The minimum Gasteiger partial charge on any atom is -0.306 e. The lowest BCUT2D eigenvalue weighted by molar-refractivity contribution is 0.312. The van der Waals surface area contributed by atoms with Crippen LogP contribution in [0.1, 0.15) is 12.8 Å². The molecule has 76 valence electrons. The summed E-state index contributed by atoms with van der Waals surface area (Å²) in [5.74, 6) is -0.244. The van der Waals surface area contributed by atoms with Crippen molar-refractivity contribution in [2.75, 3.05) is 25.9 Å². The molecule has 0 saturated carbocycles. The molecule has 1 N–H and O–H groups in total. The molecule has 0 aliphatic carbocycles. The van der Waals surface area contributed by atoms with Gasteiger partial charge in [0.05, 0.1) is 5.75 Å². The standard InChI is InChI=1S/C8H15NO3S/c1-9-5-2-8(3-6-9)4-7-13(10,11)12/h4H,2-3,5-7H2,1H3,(H,10,11,12). The van der Waals surface area contributed by atoms with Crippen molar-refractivity contribution < 1.29 is 13.0 Å². The third kappa shape index (κ3) is 4.40. The molecule has 0 aromatic heterocycles. The first-order valence-corrected chi connectivity index (χ1v) is 5.90. The van der Waals surface area contributed by atoms with Gasteiger partial charge < -0.3 is 4.90 Å². The molecule has 0 aromatic carbocycles. The topological polar surface area (TPSA) is 57.6 Å². The molecule has 1 aliphatic heterocycles. The van der Waals surface area contributed by atoms with Crippen LogP contribution in [0.4, 0.5) is 0 Å². The minimum absolute atomic E-state index is 0.244. The second-order valence-electron chi connectivity index (χ2n) is 3.41. The van der Waals surface area contributed by atoms with Gasteiger partial charge in [0, 0.05) is 13.1 Å². The Hall–Kier alpha value is -0.390. The van der Waals surface area contributed by atoms with Crippen LogP contribution in [-0.4, -0.2) is 43.8 Å². The molecule has 1 heterocycles. The molecule has 0 spiro atoms. The first-order valence-electron chi connectivity index (χ1n) is 4.29. The number of piperidine rings is 1. The van der Waals surface area contributed by atoms with Crippen LogP contribution in [0.25, 0.3) is 0 Å². The molecule has 0 bridgehead atoms. The summed E-state index contributed by atoms with van der Waals surface area (Å²) in [4.78, 5) is 2.20. The van der Waals surface area contributed by atoms with Gasteiger partial charge in [-0.3, -0.25) is 4.55 Å². The van der Waals surface area contributed by atoms with Crippen molar-refractivity contribution in [2.24, 2.45) is 0 Å². The van der Waals surface area contributed by atoms with Gasteiger partial charge in [-0.1, -0.05) is 11.6 Å². The maximum absolute atomic E-state index is 10.4. The van der Waals surface area contributed by atoms with Gasteiger partial charge in [-0.25, -0.2) is 0 Å². The highest BCUT2D eigenvalue weighted by Crippen LogP contribution is 2.14. The van der Waals surface area contributed by atoms with E-state index in [-0.39, 0.29) is 5.75 Å². The fourth-order valence-corrected chi connectivity index (χ4v) is 1.78. The zero-order valence-corrected chi connectivity index (χ0v) is 8.55. The molecule has 1 fully saturated rings. The van der Waals surface area contributed by atoms with Gasteiger partial charge in [0.2, 0.25) is 0 Å². The fraction of sp³-hybridized carbons (Fsp3) is 0.750. The van der Waals surface area contributed by atoms with Crippen molar-refractivity contribution in [1.29, 1.82) is 0 Å². The molecule has 0 aromatic rings. The Labute approximate surface area is 79.0 Å². The van der Waals surface area contributed by atoms with Gasteiger partial charge in [-0.2, -0.15) is 8.42 Å². The van der Waals surface area contributed by atoms with E-state index in [2.05, 4.69) is 4.90 Å². The lowest BCUT2D eigenvalue weighted by Gasteiger charge is -2.23. The Morgan fingerprint density at radius 1 is 1.46 bits per heavy atom. The summed E-state index contributed by atoms with van der Waals surface area (Å²) >= 11 is 0. The molecule has 1 saturated heterocycles. The number of hydrogen-bond acceptors (Lipinski definition) is 3. The van der Waals surface area contributed by atoms with E-state index in [0.29, 0.717) is 0 Å². The summed E-state index contributed by atoms with van der Waals surface area (Å²) < 4.78 is 29.4. The molecule has 0 amide bonds. The zero-order valence-electron chi connectivity index (χ0n) is 7.73. The number of likely N-dealkylation sites (tertiary alicyclic amines) is 1. The van der Waals surface area contributed by atoms with E-state index < -0.39 is 10.1 Å². The molecular weight excluding hydrogens is 190 g/mol. The van der Waals surface area contributed by atoms with Crippen molar-refractivity contribution in [3.63, 3.8) is 0 Å². The van der Waals surface area contributed by atoms with E-state index in [1.54, 1.807) is 6.08 Å². The normalized spacial score (nSPS) is 20.3. The summed E-state index contributed by atoms with van der Waals surface area (Å²) in [5, 5.41) is 0.